The number of benzene rings is 1. The Bertz CT molecular complexity index is 661. The lowest BCUT2D eigenvalue weighted by Crippen LogP contribution is -2.30. The molecular formula is C12H17N3O5S. The highest BCUT2D eigenvalue weighted by Gasteiger charge is 2.30. The highest BCUT2D eigenvalue weighted by molar-refractivity contribution is 7.89. The van der Waals surface area contributed by atoms with Gasteiger partial charge in [0.05, 0.1) is 15.9 Å². The molecule has 1 aromatic carbocycles. The number of nitro benzene ring substituents is 1. The molecule has 0 aliphatic heterocycles. The maximum atomic E-state index is 11.3. The van der Waals surface area contributed by atoms with Gasteiger partial charge >= 0.3 is 0 Å². The summed E-state index contributed by atoms with van der Waals surface area (Å²) in [7, 11) is -2.30. The average molecular weight is 315 g/mol. The Morgan fingerprint density at radius 2 is 2.10 bits per heavy atom. The number of nitrogens with zero attached hydrogens (tertiary/aromatic N) is 2. The number of aliphatic hydroxyl groups is 1. The van der Waals surface area contributed by atoms with Crippen molar-refractivity contribution in [2.75, 3.05) is 11.9 Å². The number of sulfonamides is 1. The van der Waals surface area contributed by atoms with E-state index in [0.29, 0.717) is 18.5 Å². The number of primary sulfonamides is 1. The SMILES string of the molecule is CN(c1ccc(S(N)(=O)=O)cc1[N+](=O)[O-])[C@H]1CC[C@@H](O)C1. The molecule has 9 heteroatoms. The van der Waals surface area contributed by atoms with Gasteiger partial charge in [0.25, 0.3) is 5.69 Å². The van der Waals surface area contributed by atoms with Crippen molar-refractivity contribution in [3.63, 3.8) is 0 Å². The number of nitrogens with two attached hydrogens (primary N) is 1. The molecule has 1 aliphatic carbocycles. The van der Waals surface area contributed by atoms with Crippen LogP contribution in [0.2, 0.25) is 0 Å². The minimum absolute atomic E-state index is 0.0148. The van der Waals surface area contributed by atoms with Gasteiger partial charge in [-0.15, -0.1) is 0 Å². The summed E-state index contributed by atoms with van der Waals surface area (Å²) in [5, 5.41) is 25.7. The Hall–Kier alpha value is -1.71. The van der Waals surface area contributed by atoms with E-state index < -0.39 is 21.1 Å². The molecule has 1 aromatic rings. The Balaban J connectivity index is 2.41. The molecule has 0 bridgehead atoms. The monoisotopic (exact) mass is 315 g/mol. The van der Waals surface area contributed by atoms with E-state index in [1.54, 1.807) is 11.9 Å². The Morgan fingerprint density at radius 1 is 1.43 bits per heavy atom. The van der Waals surface area contributed by atoms with E-state index in [-0.39, 0.29) is 16.6 Å². The second-order valence-corrected chi connectivity index (χ2v) is 6.75. The summed E-state index contributed by atoms with van der Waals surface area (Å²) in [4.78, 5) is 12.0. The highest BCUT2D eigenvalue weighted by Crippen LogP contribution is 2.34. The van der Waals surface area contributed by atoms with Crippen LogP contribution < -0.4 is 10.0 Å². The van der Waals surface area contributed by atoms with Gasteiger partial charge in [-0.05, 0) is 31.4 Å². The molecule has 0 aromatic heterocycles. The van der Waals surface area contributed by atoms with Gasteiger partial charge < -0.3 is 10.0 Å². The summed E-state index contributed by atoms with van der Waals surface area (Å²) in [6, 6.07) is 3.58. The van der Waals surface area contributed by atoms with E-state index in [2.05, 4.69) is 0 Å². The van der Waals surface area contributed by atoms with Gasteiger partial charge in [0.2, 0.25) is 10.0 Å². The summed E-state index contributed by atoms with van der Waals surface area (Å²) in [6.07, 6.45) is 1.51. The highest BCUT2D eigenvalue weighted by atomic mass is 32.2. The first-order chi connectivity index (χ1) is 9.70. The first-order valence-electron chi connectivity index (χ1n) is 6.42. The van der Waals surface area contributed by atoms with E-state index in [9.17, 15) is 23.6 Å². The quantitative estimate of drug-likeness (QED) is 0.618. The number of hydrogen-bond donors (Lipinski definition) is 2. The number of anilines is 1. The molecule has 0 unspecified atom stereocenters. The summed E-state index contributed by atoms with van der Waals surface area (Å²) < 4.78 is 22.6. The van der Waals surface area contributed by atoms with Crippen LogP contribution in [-0.2, 0) is 10.0 Å². The van der Waals surface area contributed by atoms with Gasteiger partial charge in [-0.2, -0.15) is 0 Å². The average Bonchev–Trinajstić information content (AvgIpc) is 2.82. The molecule has 0 amide bonds. The molecule has 1 fully saturated rings. The molecule has 3 N–H and O–H groups in total. The van der Waals surface area contributed by atoms with E-state index in [1.165, 1.54) is 12.1 Å². The first-order valence-corrected chi connectivity index (χ1v) is 7.97. The van der Waals surface area contributed by atoms with Crippen molar-refractivity contribution in [2.45, 2.75) is 36.3 Å². The van der Waals surface area contributed by atoms with E-state index in [0.717, 1.165) is 12.5 Å². The van der Waals surface area contributed by atoms with Crippen molar-refractivity contribution in [3.8, 4) is 0 Å². The van der Waals surface area contributed by atoms with E-state index >= 15 is 0 Å². The smallest absolute Gasteiger partial charge is 0.293 e. The van der Waals surface area contributed by atoms with Gasteiger partial charge in [-0.3, -0.25) is 10.1 Å². The van der Waals surface area contributed by atoms with Crippen LogP contribution in [-0.4, -0.2) is 37.6 Å². The Labute approximate surface area is 122 Å². The molecule has 0 radical (unpaired) electrons. The van der Waals surface area contributed by atoms with Crippen molar-refractivity contribution < 1.29 is 18.4 Å². The van der Waals surface area contributed by atoms with Crippen LogP contribution in [0.3, 0.4) is 0 Å². The predicted octanol–water partition coefficient (Wildman–Crippen LogP) is 0.592. The second kappa shape index (κ2) is 5.58. The lowest BCUT2D eigenvalue weighted by atomic mass is 10.1. The normalized spacial score (nSPS) is 22.2. The fourth-order valence-corrected chi connectivity index (χ4v) is 3.14. The predicted molar refractivity (Wildman–Crippen MR) is 76.5 cm³/mol. The van der Waals surface area contributed by atoms with Crippen LogP contribution in [0.25, 0.3) is 0 Å². The molecule has 1 aliphatic rings. The lowest BCUT2D eigenvalue weighted by molar-refractivity contribution is -0.384. The first kappa shape index (κ1) is 15.7. The summed E-state index contributed by atoms with van der Waals surface area (Å²) in [5.41, 5.74) is -0.00286. The number of rotatable bonds is 4. The van der Waals surface area contributed by atoms with Crippen molar-refractivity contribution in [1.29, 1.82) is 0 Å². The minimum Gasteiger partial charge on any atom is -0.393 e. The number of hydrogen-bond acceptors (Lipinski definition) is 6. The number of aliphatic hydroxyl groups excluding tert-OH is 1. The third kappa shape index (κ3) is 3.31. The van der Waals surface area contributed by atoms with Crippen LogP contribution in [0.4, 0.5) is 11.4 Å². The topological polar surface area (TPSA) is 127 Å². The van der Waals surface area contributed by atoms with E-state index in [4.69, 9.17) is 5.14 Å². The molecule has 8 nitrogen and oxygen atoms in total. The molecule has 21 heavy (non-hydrogen) atoms. The van der Waals surface area contributed by atoms with Gasteiger partial charge in [-0.25, -0.2) is 13.6 Å². The third-order valence-electron chi connectivity index (χ3n) is 3.78. The van der Waals surface area contributed by atoms with Crippen molar-refractivity contribution in [3.05, 3.63) is 28.3 Å². The van der Waals surface area contributed by atoms with Gasteiger partial charge in [-0.1, -0.05) is 0 Å². The molecule has 2 atom stereocenters. The zero-order chi connectivity index (χ0) is 15.8. The maximum absolute atomic E-state index is 11.3. The van der Waals surface area contributed by atoms with Crippen LogP contribution in [0, 0.1) is 10.1 Å². The fourth-order valence-electron chi connectivity index (χ4n) is 2.61. The molecule has 2 rings (SSSR count). The molecule has 0 heterocycles. The van der Waals surface area contributed by atoms with Crippen molar-refractivity contribution in [1.82, 2.24) is 0 Å². The summed E-state index contributed by atoms with van der Waals surface area (Å²) in [5.74, 6) is 0. The Morgan fingerprint density at radius 3 is 2.57 bits per heavy atom. The van der Waals surface area contributed by atoms with Gasteiger partial charge in [0.15, 0.2) is 0 Å². The zero-order valence-corrected chi connectivity index (χ0v) is 12.3. The molecular weight excluding hydrogens is 298 g/mol. The molecule has 1 saturated carbocycles. The van der Waals surface area contributed by atoms with E-state index in [1.807, 2.05) is 0 Å². The number of nitro groups is 1. The molecule has 116 valence electrons. The standard InChI is InChI=1S/C12H17N3O5S/c1-14(8-2-3-9(16)6-8)11-5-4-10(21(13,19)20)7-12(11)15(17)18/h4-5,7-9,16H,2-3,6H2,1H3,(H2,13,19,20)/t8-,9+/m0/s1. The second-order valence-electron chi connectivity index (χ2n) is 5.18. The summed E-state index contributed by atoms with van der Waals surface area (Å²) in [6.45, 7) is 0. The van der Waals surface area contributed by atoms with Crippen LogP contribution in [0.15, 0.2) is 23.1 Å². The maximum Gasteiger partial charge on any atom is 0.293 e. The third-order valence-corrected chi connectivity index (χ3v) is 4.69. The van der Waals surface area contributed by atoms with Gasteiger partial charge in [0, 0.05) is 19.2 Å². The molecule has 0 spiro atoms. The lowest BCUT2D eigenvalue weighted by Gasteiger charge is -2.26. The van der Waals surface area contributed by atoms with Crippen LogP contribution >= 0.6 is 0 Å². The van der Waals surface area contributed by atoms with Crippen molar-refractivity contribution in [2.24, 2.45) is 5.14 Å². The van der Waals surface area contributed by atoms with Crippen LogP contribution in [0.1, 0.15) is 19.3 Å². The van der Waals surface area contributed by atoms with Crippen LogP contribution in [0.5, 0.6) is 0 Å². The fraction of sp³-hybridized carbons (Fsp3) is 0.500. The Kier molecular flexibility index (Phi) is 4.17. The largest absolute Gasteiger partial charge is 0.393 e. The minimum atomic E-state index is -3.99. The summed E-state index contributed by atoms with van der Waals surface area (Å²) >= 11 is 0. The zero-order valence-electron chi connectivity index (χ0n) is 11.5. The van der Waals surface area contributed by atoms with Gasteiger partial charge in [0.1, 0.15) is 5.69 Å². The van der Waals surface area contributed by atoms with Crippen molar-refractivity contribution >= 4 is 21.4 Å². The molecule has 0 saturated heterocycles.